The first-order chi connectivity index (χ1) is 13.9. The van der Waals surface area contributed by atoms with Crippen LogP contribution in [0.2, 0.25) is 0 Å². The number of carbonyl (C=O) groups excluding carboxylic acids is 2. The number of pyridine rings is 1. The summed E-state index contributed by atoms with van der Waals surface area (Å²) in [5, 5.41) is 9.02. The number of carbonyl (C=O) groups is 2. The molecule has 0 N–H and O–H groups in total. The summed E-state index contributed by atoms with van der Waals surface area (Å²) in [6.07, 6.45) is 12.3. The normalized spacial score (nSPS) is 22.0. The Bertz CT molecular complexity index is 826. The molecule has 7 heteroatoms. The largest absolute Gasteiger partial charge is 0.320 e. The molecule has 2 heterocycles. The number of aromatic nitrogens is 1. The summed E-state index contributed by atoms with van der Waals surface area (Å²) in [4.78, 5) is 30.0. The molecule has 0 radical (unpaired) electrons. The summed E-state index contributed by atoms with van der Waals surface area (Å²) >= 11 is 0. The third kappa shape index (κ3) is 5.47. The number of nitriles is 1. The van der Waals surface area contributed by atoms with E-state index in [0.29, 0.717) is 17.0 Å². The average molecular weight is 401 g/mol. The van der Waals surface area contributed by atoms with E-state index in [9.17, 15) is 18.4 Å². The summed E-state index contributed by atoms with van der Waals surface area (Å²) in [5.41, 5.74) is 1.18. The second kappa shape index (κ2) is 9.25. The van der Waals surface area contributed by atoms with Crippen LogP contribution in [0.3, 0.4) is 0 Å². The van der Waals surface area contributed by atoms with Crippen molar-refractivity contribution in [3.63, 3.8) is 0 Å². The lowest BCUT2D eigenvalue weighted by atomic mass is 9.88. The summed E-state index contributed by atoms with van der Waals surface area (Å²) in [7, 11) is 0. The number of amides is 1. The van der Waals surface area contributed by atoms with Crippen LogP contribution in [0.25, 0.3) is 6.08 Å². The number of rotatable bonds is 6. The van der Waals surface area contributed by atoms with Crippen molar-refractivity contribution in [3.05, 3.63) is 35.7 Å². The highest BCUT2D eigenvalue weighted by atomic mass is 19.3. The van der Waals surface area contributed by atoms with Gasteiger partial charge in [0, 0.05) is 42.8 Å². The van der Waals surface area contributed by atoms with Gasteiger partial charge < -0.3 is 4.90 Å². The SMILES string of the molecule is N#C[C@@H]1CC(F)(F)CN1C(=O)CCC(=O)c1ccncc1/C=C/C1CCCCC1. The van der Waals surface area contributed by atoms with Crippen molar-refractivity contribution >= 4 is 17.8 Å². The summed E-state index contributed by atoms with van der Waals surface area (Å²) < 4.78 is 27.0. The van der Waals surface area contributed by atoms with E-state index < -0.39 is 30.8 Å². The molecule has 0 unspecified atom stereocenters. The van der Waals surface area contributed by atoms with Crippen LogP contribution in [0.15, 0.2) is 24.5 Å². The van der Waals surface area contributed by atoms with Crippen molar-refractivity contribution in [2.75, 3.05) is 6.54 Å². The molecule has 1 saturated carbocycles. The number of hydrogen-bond donors (Lipinski definition) is 0. The predicted octanol–water partition coefficient (Wildman–Crippen LogP) is 4.40. The maximum atomic E-state index is 13.5. The molecular formula is C22H25F2N3O2. The minimum Gasteiger partial charge on any atom is -0.320 e. The van der Waals surface area contributed by atoms with Crippen molar-refractivity contribution in [1.29, 1.82) is 5.26 Å². The molecule has 1 atom stereocenters. The van der Waals surface area contributed by atoms with Gasteiger partial charge in [0.2, 0.25) is 5.91 Å². The molecule has 2 fully saturated rings. The fourth-order valence-corrected chi connectivity index (χ4v) is 4.05. The lowest BCUT2D eigenvalue weighted by molar-refractivity contribution is -0.132. The molecule has 154 valence electrons. The van der Waals surface area contributed by atoms with Gasteiger partial charge in [-0.05, 0) is 24.8 Å². The fraction of sp³-hybridized carbons (Fsp3) is 0.545. The molecule has 1 saturated heterocycles. The van der Waals surface area contributed by atoms with Gasteiger partial charge in [0.25, 0.3) is 5.92 Å². The Morgan fingerprint density at radius 2 is 2.03 bits per heavy atom. The molecule has 1 aliphatic heterocycles. The monoisotopic (exact) mass is 401 g/mol. The van der Waals surface area contributed by atoms with Crippen LogP contribution in [0.4, 0.5) is 8.78 Å². The molecule has 1 amide bonds. The Hall–Kier alpha value is -2.62. The zero-order chi connectivity index (χ0) is 20.9. The maximum Gasteiger partial charge on any atom is 0.268 e. The fourth-order valence-electron chi connectivity index (χ4n) is 4.05. The molecule has 0 bridgehead atoms. The highest BCUT2D eigenvalue weighted by Gasteiger charge is 2.47. The third-order valence-corrected chi connectivity index (χ3v) is 5.66. The summed E-state index contributed by atoms with van der Waals surface area (Å²) in [5.74, 6) is -3.37. The van der Waals surface area contributed by atoms with Crippen molar-refractivity contribution in [2.45, 2.75) is 63.3 Å². The van der Waals surface area contributed by atoms with Crippen LogP contribution >= 0.6 is 0 Å². The number of nitrogens with zero attached hydrogens (tertiary/aromatic N) is 3. The topological polar surface area (TPSA) is 74.1 Å². The predicted molar refractivity (Wildman–Crippen MR) is 104 cm³/mol. The van der Waals surface area contributed by atoms with Gasteiger partial charge in [-0.15, -0.1) is 0 Å². The van der Waals surface area contributed by atoms with E-state index in [1.165, 1.54) is 25.5 Å². The van der Waals surface area contributed by atoms with Crippen LogP contribution in [0, 0.1) is 17.2 Å². The Morgan fingerprint density at radius 1 is 1.28 bits per heavy atom. The van der Waals surface area contributed by atoms with Gasteiger partial charge in [0.05, 0.1) is 12.6 Å². The van der Waals surface area contributed by atoms with Gasteiger partial charge in [0.15, 0.2) is 5.78 Å². The molecule has 2 aliphatic rings. The Labute approximate surface area is 169 Å². The average Bonchev–Trinajstić information content (AvgIpc) is 3.06. The summed E-state index contributed by atoms with van der Waals surface area (Å²) in [6.45, 7) is -0.761. The number of allylic oxidation sites excluding steroid dienone is 1. The number of halogens is 2. The number of ketones is 1. The van der Waals surface area contributed by atoms with Gasteiger partial charge in [-0.1, -0.05) is 31.4 Å². The van der Waals surface area contributed by atoms with Gasteiger partial charge >= 0.3 is 0 Å². The van der Waals surface area contributed by atoms with Crippen molar-refractivity contribution in [1.82, 2.24) is 9.88 Å². The molecule has 0 aromatic carbocycles. The first-order valence-electron chi connectivity index (χ1n) is 10.1. The molecule has 1 aliphatic carbocycles. The van der Waals surface area contributed by atoms with E-state index in [0.717, 1.165) is 17.7 Å². The smallest absolute Gasteiger partial charge is 0.268 e. The molecule has 1 aromatic rings. The molecule has 5 nitrogen and oxygen atoms in total. The third-order valence-electron chi connectivity index (χ3n) is 5.66. The van der Waals surface area contributed by atoms with Gasteiger partial charge in [0.1, 0.15) is 6.04 Å². The van der Waals surface area contributed by atoms with Gasteiger partial charge in [-0.2, -0.15) is 5.26 Å². The molecule has 29 heavy (non-hydrogen) atoms. The highest BCUT2D eigenvalue weighted by Crippen LogP contribution is 2.32. The standard InChI is InChI=1S/C22H25F2N3O2/c23-22(24)12-18(13-25)27(15-22)21(29)9-8-20(28)19-10-11-26-14-17(19)7-6-16-4-2-1-3-5-16/h6-7,10-11,14,16,18H,1-5,8-9,12,15H2/b7-6+/t18-/m0/s1. The maximum absolute atomic E-state index is 13.5. The zero-order valence-electron chi connectivity index (χ0n) is 16.3. The second-order valence-corrected chi connectivity index (χ2v) is 7.87. The van der Waals surface area contributed by atoms with E-state index in [-0.39, 0.29) is 18.6 Å². The van der Waals surface area contributed by atoms with E-state index in [1.54, 1.807) is 18.3 Å². The lowest BCUT2D eigenvalue weighted by Crippen LogP contribution is -2.36. The Balaban J connectivity index is 1.62. The number of hydrogen-bond acceptors (Lipinski definition) is 4. The Kier molecular flexibility index (Phi) is 6.73. The quantitative estimate of drug-likeness (QED) is 0.663. The second-order valence-electron chi connectivity index (χ2n) is 7.87. The highest BCUT2D eigenvalue weighted by molar-refractivity contribution is 6.00. The molecule has 0 spiro atoms. The van der Waals surface area contributed by atoms with E-state index in [2.05, 4.69) is 11.1 Å². The first-order valence-corrected chi connectivity index (χ1v) is 10.1. The van der Waals surface area contributed by atoms with E-state index in [1.807, 2.05) is 6.08 Å². The van der Waals surface area contributed by atoms with Gasteiger partial charge in [-0.25, -0.2) is 8.78 Å². The molecule has 3 rings (SSSR count). The van der Waals surface area contributed by atoms with Crippen LogP contribution in [0.5, 0.6) is 0 Å². The van der Waals surface area contributed by atoms with Crippen molar-refractivity contribution in [2.24, 2.45) is 5.92 Å². The van der Waals surface area contributed by atoms with Crippen LogP contribution in [-0.4, -0.2) is 40.1 Å². The van der Waals surface area contributed by atoms with Crippen LogP contribution < -0.4 is 0 Å². The van der Waals surface area contributed by atoms with E-state index in [4.69, 9.17) is 5.26 Å². The number of likely N-dealkylation sites (tertiary alicyclic amines) is 1. The van der Waals surface area contributed by atoms with Gasteiger partial charge in [-0.3, -0.25) is 14.6 Å². The first kappa shape index (κ1) is 21.1. The van der Waals surface area contributed by atoms with Crippen molar-refractivity contribution < 1.29 is 18.4 Å². The Morgan fingerprint density at radius 3 is 2.76 bits per heavy atom. The lowest BCUT2D eigenvalue weighted by Gasteiger charge is -2.19. The van der Waals surface area contributed by atoms with Crippen LogP contribution in [-0.2, 0) is 4.79 Å². The molecule has 1 aromatic heterocycles. The van der Waals surface area contributed by atoms with E-state index >= 15 is 0 Å². The minimum absolute atomic E-state index is 0.0899. The zero-order valence-corrected chi connectivity index (χ0v) is 16.3. The van der Waals surface area contributed by atoms with Crippen LogP contribution in [0.1, 0.15) is 67.3 Å². The van der Waals surface area contributed by atoms with Crippen molar-refractivity contribution in [3.8, 4) is 6.07 Å². The number of alkyl halides is 2. The summed E-state index contributed by atoms with van der Waals surface area (Å²) in [6, 6.07) is 2.23. The molecular weight excluding hydrogens is 376 g/mol. The minimum atomic E-state index is -3.05. The number of Topliss-reactive ketones (excluding diaryl/α,β-unsaturated/α-hetero) is 1.